The molecule has 9 heteroatoms. The van der Waals surface area contributed by atoms with Crippen LogP contribution in [0.5, 0.6) is 0 Å². The molecule has 2 aromatic rings. The first-order chi connectivity index (χ1) is 14.2. The van der Waals surface area contributed by atoms with Crippen molar-refractivity contribution in [2.45, 2.75) is 38.5 Å². The molecule has 1 amide bonds. The van der Waals surface area contributed by atoms with E-state index < -0.39 is 10.0 Å². The molecule has 1 aliphatic rings. The third-order valence-electron chi connectivity index (χ3n) is 5.37. The zero-order valence-corrected chi connectivity index (χ0v) is 19.3. The standard InChI is InChI=1S/C21H27ClN4O3S/c1-5-25(6-2)30(28,29)17-9-11-19-16(14-17)8-7-13-26(19)20(27)12-10-18-15(3)23-24(4)21(18)22/h9-12,14H,5-8,13H2,1-4H3/b12-10+. The van der Waals surface area contributed by atoms with Gasteiger partial charge in [0.1, 0.15) is 5.15 Å². The van der Waals surface area contributed by atoms with Crippen molar-refractivity contribution in [3.8, 4) is 0 Å². The first-order valence-corrected chi connectivity index (χ1v) is 11.8. The van der Waals surface area contributed by atoms with Crippen LogP contribution in [0.25, 0.3) is 6.08 Å². The molecule has 1 aromatic heterocycles. The van der Waals surface area contributed by atoms with E-state index in [1.165, 1.54) is 10.4 Å². The second kappa shape index (κ2) is 8.91. The fourth-order valence-corrected chi connectivity index (χ4v) is 5.50. The van der Waals surface area contributed by atoms with E-state index in [2.05, 4.69) is 5.10 Å². The average molecular weight is 451 g/mol. The third kappa shape index (κ3) is 4.17. The maximum absolute atomic E-state index is 12.9. The summed E-state index contributed by atoms with van der Waals surface area (Å²) in [6.45, 7) is 6.90. The smallest absolute Gasteiger partial charge is 0.251 e. The molecule has 2 heterocycles. The molecule has 30 heavy (non-hydrogen) atoms. The molecule has 0 unspecified atom stereocenters. The first-order valence-electron chi connectivity index (χ1n) is 10.0. The van der Waals surface area contributed by atoms with Gasteiger partial charge in [-0.1, -0.05) is 25.4 Å². The van der Waals surface area contributed by atoms with E-state index in [1.807, 2.05) is 20.8 Å². The number of hydrogen-bond acceptors (Lipinski definition) is 4. The Bertz CT molecular complexity index is 1090. The minimum Gasteiger partial charge on any atom is -0.309 e. The molecule has 0 radical (unpaired) electrons. The summed E-state index contributed by atoms with van der Waals surface area (Å²) >= 11 is 6.24. The maximum atomic E-state index is 12.9. The molecule has 0 atom stereocenters. The highest BCUT2D eigenvalue weighted by Gasteiger charge is 2.26. The highest BCUT2D eigenvalue weighted by molar-refractivity contribution is 7.89. The molecule has 0 saturated heterocycles. The number of benzene rings is 1. The third-order valence-corrected chi connectivity index (χ3v) is 7.86. The number of sulfonamides is 1. The Kier molecular flexibility index (Phi) is 6.69. The van der Waals surface area contributed by atoms with Crippen molar-refractivity contribution in [2.75, 3.05) is 24.5 Å². The van der Waals surface area contributed by atoms with Crippen LogP contribution in [0.2, 0.25) is 5.15 Å². The van der Waals surface area contributed by atoms with Gasteiger partial charge in [-0.2, -0.15) is 9.40 Å². The van der Waals surface area contributed by atoms with Crippen molar-refractivity contribution in [3.05, 3.63) is 46.2 Å². The molecule has 162 valence electrons. The average Bonchev–Trinajstić information content (AvgIpc) is 2.97. The molecule has 1 aromatic carbocycles. The summed E-state index contributed by atoms with van der Waals surface area (Å²) in [7, 11) is -1.78. The summed E-state index contributed by atoms with van der Waals surface area (Å²) in [5.41, 5.74) is 3.08. The Labute approximate surface area is 183 Å². The van der Waals surface area contributed by atoms with Gasteiger partial charge < -0.3 is 4.90 Å². The molecule has 3 rings (SSSR count). The van der Waals surface area contributed by atoms with Crippen LogP contribution in [0.1, 0.15) is 37.1 Å². The Hall–Kier alpha value is -2.16. The van der Waals surface area contributed by atoms with Gasteiger partial charge in [0.2, 0.25) is 10.0 Å². The van der Waals surface area contributed by atoms with Crippen LogP contribution in [-0.2, 0) is 28.3 Å². The van der Waals surface area contributed by atoms with Crippen LogP contribution >= 0.6 is 11.6 Å². The Morgan fingerprint density at radius 2 is 2.00 bits per heavy atom. The Morgan fingerprint density at radius 1 is 1.30 bits per heavy atom. The van der Waals surface area contributed by atoms with Crippen LogP contribution in [-0.4, -0.2) is 48.0 Å². The van der Waals surface area contributed by atoms with Gasteiger partial charge in [-0.15, -0.1) is 0 Å². The molecule has 0 N–H and O–H groups in total. The molecule has 0 aliphatic carbocycles. The molecule has 0 saturated carbocycles. The summed E-state index contributed by atoms with van der Waals surface area (Å²) in [6.07, 6.45) is 4.68. The molecule has 0 fully saturated rings. The summed E-state index contributed by atoms with van der Waals surface area (Å²) in [6, 6.07) is 5.02. The monoisotopic (exact) mass is 450 g/mol. The number of carbonyl (C=O) groups excluding carboxylic acids is 1. The molecular weight excluding hydrogens is 424 g/mol. The van der Waals surface area contributed by atoms with Crippen molar-refractivity contribution >= 4 is 39.3 Å². The fourth-order valence-electron chi connectivity index (χ4n) is 3.76. The van der Waals surface area contributed by atoms with Gasteiger partial charge in [0.05, 0.1) is 10.6 Å². The molecule has 7 nitrogen and oxygen atoms in total. The van der Waals surface area contributed by atoms with Gasteiger partial charge in [-0.25, -0.2) is 8.42 Å². The number of halogens is 1. The summed E-state index contributed by atoms with van der Waals surface area (Å²) < 4.78 is 28.7. The zero-order valence-electron chi connectivity index (χ0n) is 17.7. The van der Waals surface area contributed by atoms with Gasteiger partial charge in [0.15, 0.2) is 0 Å². The first kappa shape index (κ1) is 22.5. The minimum absolute atomic E-state index is 0.172. The maximum Gasteiger partial charge on any atom is 0.251 e. The molecular formula is C21H27ClN4O3S. The van der Waals surface area contributed by atoms with Gasteiger partial charge >= 0.3 is 0 Å². The summed E-state index contributed by atoms with van der Waals surface area (Å²) in [4.78, 5) is 14.8. The number of aromatic nitrogens is 2. The van der Waals surface area contributed by atoms with Crippen molar-refractivity contribution < 1.29 is 13.2 Å². The quantitative estimate of drug-likeness (QED) is 0.632. The number of hydrogen-bond donors (Lipinski definition) is 0. The number of fused-ring (bicyclic) bond motifs is 1. The van der Waals surface area contributed by atoms with Crippen molar-refractivity contribution in [2.24, 2.45) is 7.05 Å². The lowest BCUT2D eigenvalue weighted by Crippen LogP contribution is -2.35. The second-order valence-corrected chi connectivity index (χ2v) is 9.52. The van der Waals surface area contributed by atoms with E-state index >= 15 is 0 Å². The number of anilines is 1. The van der Waals surface area contributed by atoms with Crippen LogP contribution in [0.4, 0.5) is 5.69 Å². The van der Waals surface area contributed by atoms with Crippen LogP contribution < -0.4 is 4.90 Å². The normalized spacial score (nSPS) is 14.5. The predicted octanol–water partition coefficient (Wildman–Crippen LogP) is 3.41. The van der Waals surface area contributed by atoms with Crippen molar-refractivity contribution in [1.82, 2.24) is 14.1 Å². The van der Waals surface area contributed by atoms with Gasteiger partial charge in [-0.05, 0) is 49.6 Å². The topological polar surface area (TPSA) is 75.5 Å². The van der Waals surface area contributed by atoms with E-state index in [4.69, 9.17) is 11.6 Å². The Balaban J connectivity index is 1.89. The van der Waals surface area contributed by atoms with Crippen LogP contribution in [0, 0.1) is 6.92 Å². The van der Waals surface area contributed by atoms with E-state index in [-0.39, 0.29) is 10.8 Å². The van der Waals surface area contributed by atoms with Crippen LogP contribution in [0.15, 0.2) is 29.2 Å². The largest absolute Gasteiger partial charge is 0.309 e. The van der Waals surface area contributed by atoms with E-state index in [0.717, 1.165) is 29.8 Å². The highest BCUT2D eigenvalue weighted by Crippen LogP contribution is 2.31. The van der Waals surface area contributed by atoms with Gasteiger partial charge in [-0.3, -0.25) is 9.48 Å². The van der Waals surface area contributed by atoms with Gasteiger partial charge in [0.25, 0.3) is 5.91 Å². The number of aryl methyl sites for hydroxylation is 3. The molecule has 0 bridgehead atoms. The number of nitrogens with zero attached hydrogens (tertiary/aromatic N) is 4. The predicted molar refractivity (Wildman–Crippen MR) is 119 cm³/mol. The fraction of sp³-hybridized carbons (Fsp3) is 0.429. The number of carbonyl (C=O) groups is 1. The minimum atomic E-state index is -3.53. The van der Waals surface area contributed by atoms with Crippen LogP contribution in [0.3, 0.4) is 0 Å². The van der Waals surface area contributed by atoms with Gasteiger partial charge in [0, 0.05) is 44.0 Å². The lowest BCUT2D eigenvalue weighted by atomic mass is 10.0. The molecule has 0 spiro atoms. The zero-order chi connectivity index (χ0) is 22.1. The lowest BCUT2D eigenvalue weighted by Gasteiger charge is -2.29. The molecule has 1 aliphatic heterocycles. The van der Waals surface area contributed by atoms with E-state index in [0.29, 0.717) is 30.4 Å². The van der Waals surface area contributed by atoms with Crippen molar-refractivity contribution in [1.29, 1.82) is 0 Å². The van der Waals surface area contributed by atoms with E-state index in [9.17, 15) is 13.2 Å². The van der Waals surface area contributed by atoms with Crippen molar-refractivity contribution in [3.63, 3.8) is 0 Å². The number of rotatable bonds is 6. The second-order valence-electron chi connectivity index (χ2n) is 7.22. The number of amides is 1. The summed E-state index contributed by atoms with van der Waals surface area (Å²) in [5.74, 6) is -0.172. The lowest BCUT2D eigenvalue weighted by molar-refractivity contribution is -0.114. The summed E-state index contributed by atoms with van der Waals surface area (Å²) in [5, 5.41) is 4.72. The SMILES string of the molecule is CCN(CC)S(=O)(=O)c1ccc2c(c1)CCCN2C(=O)/C=C/c1c(C)nn(C)c1Cl. The Morgan fingerprint density at radius 3 is 2.60 bits per heavy atom. The highest BCUT2D eigenvalue weighted by atomic mass is 35.5. The van der Waals surface area contributed by atoms with E-state index in [1.54, 1.807) is 40.9 Å².